The minimum Gasteiger partial charge on any atom is -0.454 e. The second kappa shape index (κ2) is 4.81. The average Bonchev–Trinajstić information content (AvgIpc) is 3.13. The number of benzene rings is 2. The summed E-state index contributed by atoms with van der Waals surface area (Å²) in [6.07, 6.45) is 1.97. The fourth-order valence-electron chi connectivity index (χ4n) is 2.99. The van der Waals surface area contributed by atoms with Crippen molar-refractivity contribution in [2.24, 2.45) is 0 Å². The number of ether oxygens (including phenoxy) is 2. The number of carbonyl (C=O) groups is 1. The first-order valence-corrected chi connectivity index (χ1v) is 7.09. The smallest absolute Gasteiger partial charge is 0.251 e. The summed E-state index contributed by atoms with van der Waals surface area (Å²) in [5.41, 5.74) is 3.16. The zero-order chi connectivity index (χ0) is 14.2. The largest absolute Gasteiger partial charge is 0.454 e. The van der Waals surface area contributed by atoms with Crippen LogP contribution in [0.5, 0.6) is 11.5 Å². The fraction of sp³-hybridized carbons (Fsp3) is 0.235. The maximum absolute atomic E-state index is 12.4. The molecular weight excluding hydrogens is 266 g/mol. The number of hydrogen-bond donors (Lipinski definition) is 1. The lowest BCUT2D eigenvalue weighted by Crippen LogP contribution is -2.27. The van der Waals surface area contributed by atoms with E-state index in [1.54, 1.807) is 18.2 Å². The van der Waals surface area contributed by atoms with Gasteiger partial charge in [0.05, 0.1) is 6.04 Å². The van der Waals surface area contributed by atoms with E-state index in [1.165, 1.54) is 11.1 Å². The van der Waals surface area contributed by atoms with Gasteiger partial charge in [-0.25, -0.2) is 0 Å². The Morgan fingerprint density at radius 2 is 1.95 bits per heavy atom. The third-order valence-corrected chi connectivity index (χ3v) is 4.07. The Morgan fingerprint density at radius 1 is 1.10 bits per heavy atom. The van der Waals surface area contributed by atoms with Crippen LogP contribution < -0.4 is 14.8 Å². The molecule has 4 rings (SSSR count). The van der Waals surface area contributed by atoms with E-state index >= 15 is 0 Å². The number of nitrogens with one attached hydrogen (secondary N) is 1. The molecule has 1 heterocycles. The maximum atomic E-state index is 12.4. The second-order valence-corrected chi connectivity index (χ2v) is 5.33. The van der Waals surface area contributed by atoms with E-state index < -0.39 is 0 Å². The highest BCUT2D eigenvalue weighted by Gasteiger charge is 2.24. The van der Waals surface area contributed by atoms with Gasteiger partial charge in [-0.05, 0) is 42.2 Å². The lowest BCUT2D eigenvalue weighted by atomic mass is 10.1. The molecule has 1 N–H and O–H groups in total. The number of fused-ring (bicyclic) bond motifs is 2. The van der Waals surface area contributed by atoms with E-state index in [-0.39, 0.29) is 18.7 Å². The molecule has 0 radical (unpaired) electrons. The molecule has 1 aliphatic heterocycles. The third-order valence-electron chi connectivity index (χ3n) is 4.07. The molecule has 0 aromatic heterocycles. The summed E-state index contributed by atoms with van der Waals surface area (Å²) >= 11 is 0. The Morgan fingerprint density at radius 3 is 2.90 bits per heavy atom. The minimum absolute atomic E-state index is 0.0741. The topological polar surface area (TPSA) is 47.6 Å². The van der Waals surface area contributed by atoms with Crippen molar-refractivity contribution in [3.05, 3.63) is 59.2 Å². The summed E-state index contributed by atoms with van der Waals surface area (Å²) in [5.74, 6) is 1.25. The Balaban J connectivity index is 1.54. The van der Waals surface area contributed by atoms with E-state index in [2.05, 4.69) is 17.4 Å². The Bertz CT molecular complexity index is 711. The highest BCUT2D eigenvalue weighted by Crippen LogP contribution is 2.34. The van der Waals surface area contributed by atoms with Gasteiger partial charge in [-0.15, -0.1) is 0 Å². The van der Waals surface area contributed by atoms with E-state index in [0.29, 0.717) is 17.1 Å². The van der Waals surface area contributed by atoms with E-state index in [1.807, 2.05) is 12.1 Å². The molecule has 0 saturated heterocycles. The minimum atomic E-state index is -0.0741. The molecule has 1 atom stereocenters. The molecule has 21 heavy (non-hydrogen) atoms. The van der Waals surface area contributed by atoms with Crippen molar-refractivity contribution in [2.75, 3.05) is 6.79 Å². The molecule has 1 aliphatic carbocycles. The first-order chi connectivity index (χ1) is 10.3. The summed E-state index contributed by atoms with van der Waals surface area (Å²) in [5, 5.41) is 3.11. The molecule has 2 aromatic rings. The van der Waals surface area contributed by atoms with Crippen molar-refractivity contribution in [3.63, 3.8) is 0 Å². The van der Waals surface area contributed by atoms with Crippen LogP contribution in [-0.2, 0) is 6.42 Å². The summed E-state index contributed by atoms with van der Waals surface area (Å²) in [7, 11) is 0. The van der Waals surface area contributed by atoms with Gasteiger partial charge in [0.15, 0.2) is 11.5 Å². The Labute approximate surface area is 122 Å². The molecule has 2 aliphatic rings. The standard InChI is InChI=1S/C17H15NO3/c19-17(12-6-8-15-16(9-12)21-10-20-15)18-14-7-5-11-3-1-2-4-13(11)14/h1-4,6,8-9,14H,5,7,10H2,(H,18,19)/t14-/m1/s1. The number of carbonyl (C=O) groups excluding carboxylic acids is 1. The predicted octanol–water partition coefficient (Wildman–Crippen LogP) is 2.83. The van der Waals surface area contributed by atoms with Crippen LogP contribution in [0, 0.1) is 0 Å². The van der Waals surface area contributed by atoms with Gasteiger partial charge in [0.1, 0.15) is 0 Å². The van der Waals surface area contributed by atoms with Gasteiger partial charge in [-0.3, -0.25) is 4.79 Å². The monoisotopic (exact) mass is 281 g/mol. The first-order valence-electron chi connectivity index (χ1n) is 7.09. The van der Waals surface area contributed by atoms with Crippen LogP contribution in [0.1, 0.15) is 33.9 Å². The predicted molar refractivity (Wildman–Crippen MR) is 77.5 cm³/mol. The quantitative estimate of drug-likeness (QED) is 0.920. The molecule has 4 heteroatoms. The lowest BCUT2D eigenvalue weighted by Gasteiger charge is -2.14. The molecule has 0 bridgehead atoms. The molecule has 0 spiro atoms. The van der Waals surface area contributed by atoms with Gasteiger partial charge < -0.3 is 14.8 Å². The zero-order valence-electron chi connectivity index (χ0n) is 11.5. The van der Waals surface area contributed by atoms with Crippen molar-refractivity contribution < 1.29 is 14.3 Å². The van der Waals surface area contributed by atoms with Gasteiger partial charge in [0, 0.05) is 5.56 Å². The van der Waals surface area contributed by atoms with Crippen molar-refractivity contribution in [3.8, 4) is 11.5 Å². The van der Waals surface area contributed by atoms with Crippen LogP contribution in [0.3, 0.4) is 0 Å². The van der Waals surface area contributed by atoms with E-state index in [9.17, 15) is 4.79 Å². The number of rotatable bonds is 2. The molecule has 0 saturated carbocycles. The van der Waals surface area contributed by atoms with Crippen LogP contribution in [0.2, 0.25) is 0 Å². The summed E-state index contributed by atoms with van der Waals surface area (Å²) in [6.45, 7) is 0.219. The van der Waals surface area contributed by atoms with Gasteiger partial charge >= 0.3 is 0 Å². The Kier molecular flexibility index (Phi) is 2.81. The normalized spacial score (nSPS) is 18.4. The number of aryl methyl sites for hydroxylation is 1. The number of amides is 1. The van der Waals surface area contributed by atoms with Crippen LogP contribution in [0.15, 0.2) is 42.5 Å². The SMILES string of the molecule is O=C(N[C@@H]1CCc2ccccc21)c1ccc2c(c1)OCO2. The summed E-state index contributed by atoms with van der Waals surface area (Å²) in [6, 6.07) is 13.7. The Hall–Kier alpha value is -2.49. The van der Waals surface area contributed by atoms with Crippen LogP contribution in [0.25, 0.3) is 0 Å². The third kappa shape index (κ3) is 2.13. The molecule has 1 amide bonds. The van der Waals surface area contributed by atoms with Crippen molar-refractivity contribution in [2.45, 2.75) is 18.9 Å². The van der Waals surface area contributed by atoms with Crippen LogP contribution in [-0.4, -0.2) is 12.7 Å². The van der Waals surface area contributed by atoms with Crippen molar-refractivity contribution in [1.82, 2.24) is 5.32 Å². The van der Waals surface area contributed by atoms with Crippen LogP contribution >= 0.6 is 0 Å². The highest BCUT2D eigenvalue weighted by molar-refractivity contribution is 5.95. The lowest BCUT2D eigenvalue weighted by molar-refractivity contribution is 0.0936. The first kappa shape index (κ1) is 12.3. The van der Waals surface area contributed by atoms with Gasteiger partial charge in [-0.1, -0.05) is 24.3 Å². The second-order valence-electron chi connectivity index (χ2n) is 5.33. The maximum Gasteiger partial charge on any atom is 0.251 e. The highest BCUT2D eigenvalue weighted by atomic mass is 16.7. The van der Waals surface area contributed by atoms with Gasteiger partial charge in [0.25, 0.3) is 5.91 Å². The molecule has 0 unspecified atom stereocenters. The van der Waals surface area contributed by atoms with Crippen molar-refractivity contribution in [1.29, 1.82) is 0 Å². The molecular formula is C17H15NO3. The van der Waals surface area contributed by atoms with E-state index in [4.69, 9.17) is 9.47 Å². The van der Waals surface area contributed by atoms with E-state index in [0.717, 1.165) is 12.8 Å². The summed E-state index contributed by atoms with van der Waals surface area (Å²) in [4.78, 5) is 12.4. The van der Waals surface area contributed by atoms with Gasteiger partial charge in [-0.2, -0.15) is 0 Å². The zero-order valence-corrected chi connectivity index (χ0v) is 11.5. The average molecular weight is 281 g/mol. The van der Waals surface area contributed by atoms with Crippen molar-refractivity contribution >= 4 is 5.91 Å². The molecule has 106 valence electrons. The molecule has 2 aromatic carbocycles. The summed E-state index contributed by atoms with van der Waals surface area (Å²) < 4.78 is 10.6. The van der Waals surface area contributed by atoms with Gasteiger partial charge in [0.2, 0.25) is 6.79 Å². The fourth-order valence-corrected chi connectivity index (χ4v) is 2.99. The van der Waals surface area contributed by atoms with Crippen LogP contribution in [0.4, 0.5) is 0 Å². The number of hydrogen-bond acceptors (Lipinski definition) is 3. The molecule has 4 nitrogen and oxygen atoms in total. The molecule has 0 fully saturated rings.